The van der Waals surface area contributed by atoms with E-state index in [0.717, 1.165) is 36.7 Å². The molecule has 0 aliphatic carbocycles. The summed E-state index contributed by atoms with van der Waals surface area (Å²) in [4.78, 5) is 23.3. The van der Waals surface area contributed by atoms with Crippen LogP contribution in [0.2, 0.25) is 0 Å². The number of hydrogen-bond donors (Lipinski definition) is 0. The average molecular weight is 266 g/mol. The number of rotatable bonds is 3. The summed E-state index contributed by atoms with van der Waals surface area (Å²) >= 11 is 1.91. The van der Waals surface area contributed by atoms with Crippen LogP contribution in [0.1, 0.15) is 16.8 Å². The summed E-state index contributed by atoms with van der Waals surface area (Å²) in [5.41, 5.74) is 0.914. The summed E-state index contributed by atoms with van der Waals surface area (Å²) in [6.45, 7) is 1.85. The smallest absolute Gasteiger partial charge is 0.280 e. The van der Waals surface area contributed by atoms with Crippen LogP contribution in [-0.4, -0.2) is 35.8 Å². The van der Waals surface area contributed by atoms with Crippen LogP contribution in [0.4, 0.5) is 11.4 Å². The van der Waals surface area contributed by atoms with Gasteiger partial charge in [0, 0.05) is 30.6 Å². The van der Waals surface area contributed by atoms with Crippen LogP contribution in [-0.2, 0) is 0 Å². The van der Waals surface area contributed by atoms with Crippen LogP contribution in [0.5, 0.6) is 0 Å². The van der Waals surface area contributed by atoms with E-state index in [1.54, 1.807) is 12.1 Å². The Hall–Kier alpha value is -1.56. The minimum Gasteiger partial charge on any atom is -0.371 e. The Morgan fingerprint density at radius 3 is 2.89 bits per heavy atom. The maximum atomic E-state index is 10.9. The van der Waals surface area contributed by atoms with Crippen molar-refractivity contribution in [1.82, 2.24) is 0 Å². The molecule has 96 valence electrons. The molecule has 6 heteroatoms. The minimum atomic E-state index is -0.522. The monoisotopic (exact) mass is 266 g/mol. The third-order valence-corrected chi connectivity index (χ3v) is 3.97. The van der Waals surface area contributed by atoms with Gasteiger partial charge in [-0.05, 0) is 24.3 Å². The molecular formula is C12H14N2O3S. The zero-order chi connectivity index (χ0) is 13.0. The van der Waals surface area contributed by atoms with Gasteiger partial charge in [-0.1, -0.05) is 0 Å². The van der Waals surface area contributed by atoms with E-state index in [1.165, 1.54) is 6.07 Å². The maximum absolute atomic E-state index is 10.9. The van der Waals surface area contributed by atoms with Gasteiger partial charge >= 0.3 is 0 Å². The number of nitro groups is 1. The van der Waals surface area contributed by atoms with Gasteiger partial charge in [0.25, 0.3) is 5.69 Å². The van der Waals surface area contributed by atoms with Crippen molar-refractivity contribution < 1.29 is 9.72 Å². The van der Waals surface area contributed by atoms with Gasteiger partial charge in [-0.25, -0.2) is 0 Å². The van der Waals surface area contributed by atoms with Crippen molar-refractivity contribution in [2.24, 2.45) is 0 Å². The topological polar surface area (TPSA) is 63.5 Å². The number of anilines is 1. The highest BCUT2D eigenvalue weighted by molar-refractivity contribution is 7.99. The molecule has 1 aromatic carbocycles. The first-order valence-corrected chi connectivity index (χ1v) is 6.94. The molecule has 1 heterocycles. The first kappa shape index (κ1) is 12.9. The molecule has 0 aromatic heterocycles. The normalized spacial score (nSPS) is 16.1. The molecule has 1 saturated heterocycles. The second-order valence-electron chi connectivity index (χ2n) is 4.07. The summed E-state index contributed by atoms with van der Waals surface area (Å²) in [7, 11) is 0. The fourth-order valence-corrected chi connectivity index (χ4v) is 2.89. The van der Waals surface area contributed by atoms with Crippen LogP contribution in [0.25, 0.3) is 0 Å². The molecule has 18 heavy (non-hydrogen) atoms. The lowest BCUT2D eigenvalue weighted by Crippen LogP contribution is -2.25. The Bertz CT molecular complexity index is 457. The largest absolute Gasteiger partial charge is 0.371 e. The number of nitrogens with zero attached hydrogens (tertiary/aromatic N) is 2. The van der Waals surface area contributed by atoms with E-state index in [4.69, 9.17) is 0 Å². The first-order valence-electron chi connectivity index (χ1n) is 5.78. The summed E-state index contributed by atoms with van der Waals surface area (Å²) in [5.74, 6) is 2.19. The number of carbonyl (C=O) groups excluding carboxylic acids is 1. The van der Waals surface area contributed by atoms with E-state index < -0.39 is 4.92 Å². The van der Waals surface area contributed by atoms with E-state index in [1.807, 2.05) is 11.8 Å². The van der Waals surface area contributed by atoms with Crippen molar-refractivity contribution in [3.63, 3.8) is 0 Å². The van der Waals surface area contributed by atoms with Crippen LogP contribution < -0.4 is 4.90 Å². The maximum Gasteiger partial charge on any atom is 0.280 e. The Morgan fingerprint density at radius 2 is 2.17 bits per heavy atom. The second kappa shape index (κ2) is 5.86. The summed E-state index contributed by atoms with van der Waals surface area (Å²) in [6, 6.07) is 4.75. The molecule has 0 amide bonds. The average Bonchev–Trinajstić information content (AvgIpc) is 2.66. The third-order valence-electron chi connectivity index (χ3n) is 2.92. The number of thioether (sulfide) groups is 1. The molecule has 0 spiro atoms. The van der Waals surface area contributed by atoms with Crippen LogP contribution in [0, 0.1) is 10.1 Å². The van der Waals surface area contributed by atoms with Gasteiger partial charge in [0.15, 0.2) is 6.29 Å². The molecular weight excluding hydrogens is 252 g/mol. The van der Waals surface area contributed by atoms with E-state index in [0.29, 0.717) is 6.29 Å². The molecule has 0 unspecified atom stereocenters. The van der Waals surface area contributed by atoms with Gasteiger partial charge in [0.05, 0.1) is 10.5 Å². The van der Waals surface area contributed by atoms with Gasteiger partial charge in [-0.15, -0.1) is 0 Å². The standard InChI is InChI=1S/C12H14N2O3S/c15-9-10-8-11(2-3-12(10)14(16)17)13-4-1-6-18-7-5-13/h2-3,8-9H,1,4-7H2. The van der Waals surface area contributed by atoms with Crippen molar-refractivity contribution in [1.29, 1.82) is 0 Å². The van der Waals surface area contributed by atoms with Crippen molar-refractivity contribution >= 4 is 29.4 Å². The van der Waals surface area contributed by atoms with Crippen LogP contribution in [0.3, 0.4) is 0 Å². The lowest BCUT2D eigenvalue weighted by molar-refractivity contribution is -0.385. The lowest BCUT2D eigenvalue weighted by Gasteiger charge is -2.22. The second-order valence-corrected chi connectivity index (χ2v) is 5.30. The summed E-state index contributed by atoms with van der Waals surface area (Å²) < 4.78 is 0. The highest BCUT2D eigenvalue weighted by atomic mass is 32.2. The van der Waals surface area contributed by atoms with E-state index in [-0.39, 0.29) is 11.3 Å². The molecule has 2 rings (SSSR count). The fourth-order valence-electron chi connectivity index (χ4n) is 2.00. The van der Waals surface area contributed by atoms with Crippen molar-refractivity contribution in [2.45, 2.75) is 6.42 Å². The van der Waals surface area contributed by atoms with Crippen molar-refractivity contribution in [3.8, 4) is 0 Å². The van der Waals surface area contributed by atoms with Gasteiger partial charge in [-0.3, -0.25) is 14.9 Å². The third kappa shape index (κ3) is 2.81. The first-order chi connectivity index (χ1) is 8.72. The number of carbonyl (C=O) groups is 1. The Balaban J connectivity index is 2.28. The number of hydrogen-bond acceptors (Lipinski definition) is 5. The zero-order valence-electron chi connectivity index (χ0n) is 9.87. The highest BCUT2D eigenvalue weighted by Crippen LogP contribution is 2.25. The molecule has 0 N–H and O–H groups in total. The number of nitro benzene ring substituents is 1. The predicted molar refractivity (Wildman–Crippen MR) is 72.6 cm³/mol. The molecule has 5 nitrogen and oxygen atoms in total. The van der Waals surface area contributed by atoms with Gasteiger partial charge in [-0.2, -0.15) is 11.8 Å². The highest BCUT2D eigenvalue weighted by Gasteiger charge is 2.16. The fraction of sp³-hybridized carbons (Fsp3) is 0.417. The molecule has 0 bridgehead atoms. The van der Waals surface area contributed by atoms with Gasteiger partial charge in [0.2, 0.25) is 0 Å². The molecule has 0 radical (unpaired) electrons. The summed E-state index contributed by atoms with van der Waals surface area (Å²) in [5, 5.41) is 10.8. The van der Waals surface area contributed by atoms with Crippen LogP contribution >= 0.6 is 11.8 Å². The van der Waals surface area contributed by atoms with E-state index in [2.05, 4.69) is 4.90 Å². The van der Waals surface area contributed by atoms with E-state index in [9.17, 15) is 14.9 Å². The number of benzene rings is 1. The lowest BCUT2D eigenvalue weighted by atomic mass is 10.1. The molecule has 1 fully saturated rings. The number of aldehydes is 1. The molecule has 1 aromatic rings. The SMILES string of the molecule is O=Cc1cc(N2CCCSCC2)ccc1[N+](=O)[O-]. The molecule has 0 atom stereocenters. The zero-order valence-corrected chi connectivity index (χ0v) is 10.7. The Kier molecular flexibility index (Phi) is 4.19. The molecule has 1 aliphatic heterocycles. The molecule has 1 aliphatic rings. The van der Waals surface area contributed by atoms with Gasteiger partial charge in [0.1, 0.15) is 0 Å². The van der Waals surface area contributed by atoms with E-state index >= 15 is 0 Å². The minimum absolute atomic E-state index is 0.127. The summed E-state index contributed by atoms with van der Waals surface area (Å²) in [6.07, 6.45) is 1.65. The Labute approximate surface area is 109 Å². The van der Waals surface area contributed by atoms with Crippen molar-refractivity contribution in [2.75, 3.05) is 29.5 Å². The predicted octanol–water partition coefficient (Wildman–Crippen LogP) is 2.35. The van der Waals surface area contributed by atoms with Crippen LogP contribution in [0.15, 0.2) is 18.2 Å². The Morgan fingerprint density at radius 1 is 1.33 bits per heavy atom. The molecule has 0 saturated carbocycles. The quantitative estimate of drug-likeness (QED) is 0.477. The van der Waals surface area contributed by atoms with Gasteiger partial charge < -0.3 is 4.90 Å². The van der Waals surface area contributed by atoms with Crippen molar-refractivity contribution in [3.05, 3.63) is 33.9 Å².